The fraction of sp³-hybridized carbons (Fsp3) is 0.333. The number of rotatable bonds is 9. The third kappa shape index (κ3) is 5.04. The van der Waals surface area contributed by atoms with E-state index in [4.69, 9.17) is 0 Å². The van der Waals surface area contributed by atoms with Crippen LogP contribution >= 0.6 is 0 Å². The predicted molar refractivity (Wildman–Crippen MR) is 124 cm³/mol. The molecule has 0 spiro atoms. The van der Waals surface area contributed by atoms with Crippen molar-refractivity contribution in [3.8, 4) is 0 Å². The summed E-state index contributed by atoms with van der Waals surface area (Å²) in [5.74, 6) is -0.601. The molecule has 1 amide bonds. The van der Waals surface area contributed by atoms with Crippen molar-refractivity contribution in [1.29, 1.82) is 0 Å². The summed E-state index contributed by atoms with van der Waals surface area (Å²) in [7, 11) is 0. The van der Waals surface area contributed by atoms with Gasteiger partial charge in [-0.2, -0.15) is 0 Å². The van der Waals surface area contributed by atoms with Crippen molar-refractivity contribution in [3.63, 3.8) is 0 Å². The molecule has 166 valence electrons. The Morgan fingerprint density at radius 2 is 1.75 bits per heavy atom. The number of hydrogen-bond donors (Lipinski definition) is 1. The van der Waals surface area contributed by atoms with Gasteiger partial charge in [0.25, 0.3) is 0 Å². The highest BCUT2D eigenvalue weighted by molar-refractivity contribution is 5.87. The highest BCUT2D eigenvalue weighted by atomic mass is 19.1. The Hall–Kier alpha value is -3.08. The Bertz CT molecular complexity index is 993. The first-order valence-electron chi connectivity index (χ1n) is 11.2. The summed E-state index contributed by atoms with van der Waals surface area (Å²) >= 11 is 0. The fourth-order valence-electron chi connectivity index (χ4n) is 4.59. The van der Waals surface area contributed by atoms with Gasteiger partial charge in [-0.3, -0.25) is 9.79 Å². The van der Waals surface area contributed by atoms with Crippen LogP contribution in [0.3, 0.4) is 0 Å². The summed E-state index contributed by atoms with van der Waals surface area (Å²) < 4.78 is 26.9. The molecular formula is C27H28F2N2O. The SMILES string of the molecule is C[C@@H](CCCC1=CC=NC1)NC(=O)C=C[C@H]1CC1(c1ccc(F)cc1)c1ccc(F)cc1. The van der Waals surface area contributed by atoms with E-state index in [-0.39, 0.29) is 34.9 Å². The molecule has 0 unspecified atom stereocenters. The first-order chi connectivity index (χ1) is 15.5. The van der Waals surface area contributed by atoms with E-state index in [0.717, 1.165) is 43.4 Å². The maximum atomic E-state index is 13.5. The lowest BCUT2D eigenvalue weighted by molar-refractivity contribution is -0.117. The summed E-state index contributed by atoms with van der Waals surface area (Å²) in [5.41, 5.74) is 2.93. The lowest BCUT2D eigenvalue weighted by atomic mass is 9.85. The van der Waals surface area contributed by atoms with Crippen LogP contribution in [-0.4, -0.2) is 24.7 Å². The number of nitrogens with one attached hydrogen (secondary N) is 1. The van der Waals surface area contributed by atoms with E-state index in [0.29, 0.717) is 0 Å². The highest BCUT2D eigenvalue weighted by Gasteiger charge is 2.55. The Labute approximate surface area is 188 Å². The summed E-state index contributed by atoms with van der Waals surface area (Å²) in [6.45, 7) is 2.82. The zero-order chi connectivity index (χ0) is 22.6. The molecule has 1 aliphatic carbocycles. The molecular weight excluding hydrogens is 406 g/mol. The number of benzene rings is 2. The van der Waals surface area contributed by atoms with Gasteiger partial charge in [0.15, 0.2) is 0 Å². The first kappa shape index (κ1) is 22.1. The zero-order valence-corrected chi connectivity index (χ0v) is 18.2. The maximum Gasteiger partial charge on any atom is 0.243 e. The smallest absolute Gasteiger partial charge is 0.243 e. The molecule has 4 rings (SSSR count). The van der Waals surface area contributed by atoms with Gasteiger partial charge < -0.3 is 5.32 Å². The highest BCUT2D eigenvalue weighted by Crippen LogP contribution is 2.59. The van der Waals surface area contributed by atoms with Gasteiger partial charge in [0, 0.05) is 17.7 Å². The minimum Gasteiger partial charge on any atom is -0.350 e. The van der Waals surface area contributed by atoms with E-state index in [1.54, 1.807) is 30.3 Å². The molecule has 0 radical (unpaired) electrons. The van der Waals surface area contributed by atoms with E-state index >= 15 is 0 Å². The van der Waals surface area contributed by atoms with Crippen molar-refractivity contribution in [3.05, 3.63) is 95.1 Å². The number of hydrogen-bond acceptors (Lipinski definition) is 2. The van der Waals surface area contributed by atoms with Crippen LogP contribution in [0, 0.1) is 17.6 Å². The van der Waals surface area contributed by atoms with Gasteiger partial charge in [0.2, 0.25) is 5.91 Å². The molecule has 1 saturated carbocycles. The van der Waals surface area contributed by atoms with Gasteiger partial charge >= 0.3 is 0 Å². The van der Waals surface area contributed by atoms with Crippen molar-refractivity contribution in [1.82, 2.24) is 5.32 Å². The third-order valence-electron chi connectivity index (χ3n) is 6.45. The molecule has 2 aliphatic rings. The predicted octanol–water partition coefficient (Wildman–Crippen LogP) is 5.51. The van der Waals surface area contributed by atoms with Gasteiger partial charge in [0.1, 0.15) is 11.6 Å². The standard InChI is InChI=1S/C27H28F2N2O/c1-19(3-2-4-20-15-16-30-18-20)31-26(32)14-9-23-17-27(23,21-5-10-24(28)11-6-21)22-7-12-25(29)13-8-22/h5-16,19,23H,2-4,17-18H2,1H3,(H,31,32)/t19-,23-/m0/s1. The van der Waals surface area contributed by atoms with Crippen LogP contribution in [0.15, 0.2) is 77.3 Å². The Morgan fingerprint density at radius 3 is 2.31 bits per heavy atom. The Morgan fingerprint density at radius 1 is 1.12 bits per heavy atom. The number of halogens is 2. The zero-order valence-electron chi connectivity index (χ0n) is 18.2. The van der Waals surface area contributed by atoms with Crippen LogP contribution in [-0.2, 0) is 10.2 Å². The van der Waals surface area contributed by atoms with Gasteiger partial charge in [-0.15, -0.1) is 0 Å². The van der Waals surface area contributed by atoms with Crippen LogP contribution in [0.5, 0.6) is 0 Å². The number of nitrogens with zero attached hydrogens (tertiary/aromatic N) is 1. The van der Waals surface area contributed by atoms with Gasteiger partial charge in [0.05, 0.1) is 6.54 Å². The average Bonchev–Trinajstić information content (AvgIpc) is 3.27. The number of carbonyl (C=O) groups excluding carboxylic acids is 1. The molecule has 2 aromatic carbocycles. The number of allylic oxidation sites excluding steroid dienone is 2. The van der Waals surface area contributed by atoms with Crippen molar-refractivity contribution in [2.45, 2.75) is 44.1 Å². The molecule has 2 aromatic rings. The summed E-state index contributed by atoms with van der Waals surface area (Å²) in [6, 6.07) is 13.0. The summed E-state index contributed by atoms with van der Waals surface area (Å²) in [5, 5.41) is 3.03. The lowest BCUT2D eigenvalue weighted by Gasteiger charge is -2.18. The van der Waals surface area contributed by atoms with Crippen molar-refractivity contribution >= 4 is 12.1 Å². The topological polar surface area (TPSA) is 41.5 Å². The van der Waals surface area contributed by atoms with Crippen LogP contribution in [0.25, 0.3) is 0 Å². The molecule has 1 fully saturated rings. The second kappa shape index (κ2) is 9.60. The third-order valence-corrected chi connectivity index (χ3v) is 6.45. The molecule has 32 heavy (non-hydrogen) atoms. The van der Waals surface area contributed by atoms with E-state index in [1.807, 2.05) is 19.2 Å². The monoisotopic (exact) mass is 434 g/mol. The molecule has 1 heterocycles. The minimum atomic E-state index is -0.360. The first-order valence-corrected chi connectivity index (χ1v) is 11.2. The number of aliphatic imine (C=N–C) groups is 1. The minimum absolute atomic E-state index is 0.0910. The fourth-order valence-corrected chi connectivity index (χ4v) is 4.59. The van der Waals surface area contributed by atoms with Crippen LogP contribution in [0.2, 0.25) is 0 Å². The molecule has 0 bridgehead atoms. The molecule has 2 atom stereocenters. The molecule has 0 saturated heterocycles. The van der Waals surface area contributed by atoms with Crippen molar-refractivity contribution in [2.75, 3.05) is 6.54 Å². The van der Waals surface area contributed by atoms with E-state index in [2.05, 4.69) is 16.4 Å². The average molecular weight is 435 g/mol. The van der Waals surface area contributed by atoms with Crippen LogP contribution < -0.4 is 5.32 Å². The summed E-state index contributed by atoms with van der Waals surface area (Å²) in [4.78, 5) is 16.6. The molecule has 5 heteroatoms. The van der Waals surface area contributed by atoms with Crippen LogP contribution in [0.4, 0.5) is 8.78 Å². The van der Waals surface area contributed by atoms with E-state index in [1.165, 1.54) is 29.8 Å². The van der Waals surface area contributed by atoms with Crippen molar-refractivity contribution < 1.29 is 13.6 Å². The van der Waals surface area contributed by atoms with Gasteiger partial charge in [-0.25, -0.2) is 8.78 Å². The second-order valence-corrected chi connectivity index (χ2v) is 8.77. The van der Waals surface area contributed by atoms with E-state index < -0.39 is 0 Å². The van der Waals surface area contributed by atoms with Crippen LogP contribution in [0.1, 0.15) is 43.7 Å². The van der Waals surface area contributed by atoms with Crippen molar-refractivity contribution in [2.24, 2.45) is 10.9 Å². The number of amides is 1. The molecule has 1 N–H and O–H groups in total. The largest absolute Gasteiger partial charge is 0.350 e. The van der Waals surface area contributed by atoms with Gasteiger partial charge in [-0.05, 0) is 91.6 Å². The van der Waals surface area contributed by atoms with E-state index in [9.17, 15) is 13.6 Å². The Kier molecular flexibility index (Phi) is 6.63. The van der Waals surface area contributed by atoms with Gasteiger partial charge in [-0.1, -0.05) is 30.3 Å². The molecule has 0 aromatic heterocycles. The number of carbonyl (C=O) groups is 1. The Balaban J connectivity index is 1.37. The molecule has 1 aliphatic heterocycles. The lowest BCUT2D eigenvalue weighted by Crippen LogP contribution is -2.31. The second-order valence-electron chi connectivity index (χ2n) is 8.77. The summed E-state index contributed by atoms with van der Waals surface area (Å²) in [6.07, 6.45) is 11.2. The quantitative estimate of drug-likeness (QED) is 0.519. The molecule has 3 nitrogen and oxygen atoms in total. The normalized spacial score (nSPS) is 19.7. The maximum absolute atomic E-state index is 13.5.